The minimum atomic E-state index is 0.567. The number of hydrogen-bond acceptors (Lipinski definition) is 7. The van der Waals surface area contributed by atoms with Gasteiger partial charge < -0.3 is 4.42 Å². The molecule has 0 amide bonds. The molecule has 0 unspecified atom stereocenters. The van der Waals surface area contributed by atoms with Crippen LogP contribution < -0.4 is 0 Å². The number of rotatable bonds is 2. The molecule has 0 aromatic carbocycles. The zero-order valence-corrected chi connectivity index (χ0v) is 10.3. The molecule has 0 radical (unpaired) electrons. The van der Waals surface area contributed by atoms with Gasteiger partial charge in [-0.05, 0) is 12.1 Å². The molecule has 19 heavy (non-hydrogen) atoms. The van der Waals surface area contributed by atoms with Crippen LogP contribution >= 0.6 is 11.3 Å². The monoisotopic (exact) mass is 270 g/mol. The van der Waals surface area contributed by atoms with E-state index in [-0.39, 0.29) is 0 Å². The van der Waals surface area contributed by atoms with Crippen molar-refractivity contribution < 1.29 is 4.42 Å². The number of nitrogens with zero attached hydrogens (tertiary/aromatic N) is 6. The van der Waals surface area contributed by atoms with Gasteiger partial charge in [0, 0.05) is 12.4 Å². The molecule has 92 valence electrons. The Morgan fingerprint density at radius 1 is 1.21 bits per heavy atom. The summed E-state index contributed by atoms with van der Waals surface area (Å²) in [5, 5.41) is 13.4. The van der Waals surface area contributed by atoms with Crippen LogP contribution in [0.25, 0.3) is 27.2 Å². The Morgan fingerprint density at radius 2 is 2.21 bits per heavy atom. The van der Waals surface area contributed by atoms with Crippen molar-refractivity contribution in [3.8, 4) is 22.3 Å². The molecule has 0 aliphatic carbocycles. The van der Waals surface area contributed by atoms with E-state index in [4.69, 9.17) is 4.42 Å². The van der Waals surface area contributed by atoms with Gasteiger partial charge in [-0.15, -0.1) is 15.3 Å². The maximum Gasteiger partial charge on any atom is 0.235 e. The molecule has 4 aromatic heterocycles. The first-order valence-electron chi connectivity index (χ1n) is 5.44. The molecule has 0 atom stereocenters. The summed E-state index contributed by atoms with van der Waals surface area (Å²) >= 11 is 1.41. The van der Waals surface area contributed by atoms with Crippen LogP contribution in [0.2, 0.25) is 0 Å². The number of hydrogen-bond donors (Lipinski definition) is 0. The summed E-state index contributed by atoms with van der Waals surface area (Å²) in [5.74, 6) is 1.28. The lowest BCUT2D eigenvalue weighted by Crippen LogP contribution is -1.93. The molecule has 0 saturated carbocycles. The third-order valence-electron chi connectivity index (χ3n) is 2.52. The predicted molar refractivity (Wildman–Crippen MR) is 67.4 cm³/mol. The van der Waals surface area contributed by atoms with E-state index in [9.17, 15) is 0 Å². The van der Waals surface area contributed by atoms with Crippen LogP contribution in [0.4, 0.5) is 0 Å². The van der Waals surface area contributed by atoms with Crippen LogP contribution in [-0.2, 0) is 0 Å². The Labute approximate surface area is 110 Å². The van der Waals surface area contributed by atoms with Crippen molar-refractivity contribution >= 4 is 16.3 Å². The van der Waals surface area contributed by atoms with Crippen LogP contribution in [0.1, 0.15) is 0 Å². The van der Waals surface area contributed by atoms with Crippen LogP contribution in [0.5, 0.6) is 0 Å². The highest BCUT2D eigenvalue weighted by Crippen LogP contribution is 2.27. The van der Waals surface area contributed by atoms with Gasteiger partial charge in [-0.2, -0.15) is 4.52 Å². The summed E-state index contributed by atoms with van der Waals surface area (Å²) in [4.78, 5) is 8.90. The molecule has 0 N–H and O–H groups in total. The second-order valence-electron chi connectivity index (χ2n) is 3.69. The molecule has 4 aromatic rings. The Hall–Kier alpha value is -2.61. The van der Waals surface area contributed by atoms with Crippen molar-refractivity contribution in [3.05, 3.63) is 37.0 Å². The van der Waals surface area contributed by atoms with Crippen LogP contribution in [0.3, 0.4) is 0 Å². The van der Waals surface area contributed by atoms with E-state index in [0.717, 1.165) is 5.01 Å². The molecular weight excluding hydrogens is 264 g/mol. The highest BCUT2D eigenvalue weighted by molar-refractivity contribution is 7.19. The SMILES string of the molecule is c1coc(-c2nn3c(-c4cnccn4)nnc3s2)c1. The Balaban J connectivity index is 1.90. The molecule has 0 saturated heterocycles. The maximum absolute atomic E-state index is 5.32. The van der Waals surface area contributed by atoms with Gasteiger partial charge >= 0.3 is 0 Å². The Kier molecular flexibility index (Phi) is 2.15. The fourth-order valence-corrected chi connectivity index (χ4v) is 2.50. The first-order chi connectivity index (χ1) is 9.42. The van der Waals surface area contributed by atoms with Gasteiger partial charge in [0.05, 0.1) is 12.5 Å². The van der Waals surface area contributed by atoms with Crippen LogP contribution in [-0.4, -0.2) is 29.8 Å². The molecule has 4 rings (SSSR count). The second-order valence-corrected chi connectivity index (χ2v) is 4.65. The topological polar surface area (TPSA) is 82.0 Å². The fraction of sp³-hybridized carbons (Fsp3) is 0. The van der Waals surface area contributed by atoms with E-state index in [1.165, 1.54) is 11.3 Å². The number of furan rings is 1. The molecule has 8 heteroatoms. The standard InChI is InChI=1S/C11H6N6OS/c1-2-8(18-5-1)10-16-17-9(14-15-11(17)19-10)7-6-12-3-4-13-7/h1-6H. The Morgan fingerprint density at radius 3 is 3.00 bits per heavy atom. The third kappa shape index (κ3) is 1.61. The minimum absolute atomic E-state index is 0.567. The molecular formula is C11H6N6OS. The van der Waals surface area contributed by atoms with Crippen LogP contribution in [0.15, 0.2) is 41.4 Å². The van der Waals surface area contributed by atoms with Crippen LogP contribution in [0, 0.1) is 0 Å². The predicted octanol–water partition coefficient (Wildman–Crippen LogP) is 1.90. The lowest BCUT2D eigenvalue weighted by Gasteiger charge is -1.93. The van der Waals surface area contributed by atoms with Crippen molar-refractivity contribution in [2.45, 2.75) is 0 Å². The molecule has 0 aliphatic heterocycles. The lowest BCUT2D eigenvalue weighted by molar-refractivity contribution is 0.580. The van der Waals surface area contributed by atoms with E-state index in [1.54, 1.807) is 29.4 Å². The van der Waals surface area contributed by atoms with E-state index >= 15 is 0 Å². The summed E-state index contributed by atoms with van der Waals surface area (Å²) in [7, 11) is 0. The van der Waals surface area contributed by atoms with Gasteiger partial charge in [-0.3, -0.25) is 4.98 Å². The van der Waals surface area contributed by atoms with Crippen molar-refractivity contribution in [1.82, 2.24) is 29.8 Å². The summed E-state index contributed by atoms with van der Waals surface area (Å²) in [5.41, 5.74) is 0.631. The molecule has 0 fully saturated rings. The van der Waals surface area contributed by atoms with E-state index in [2.05, 4.69) is 25.3 Å². The summed E-state index contributed by atoms with van der Waals surface area (Å²) in [6, 6.07) is 3.68. The van der Waals surface area contributed by atoms with E-state index in [0.29, 0.717) is 22.2 Å². The maximum atomic E-state index is 5.32. The van der Waals surface area contributed by atoms with Gasteiger partial charge in [0.25, 0.3) is 0 Å². The van der Waals surface area contributed by atoms with Crippen molar-refractivity contribution in [3.63, 3.8) is 0 Å². The van der Waals surface area contributed by atoms with E-state index in [1.807, 2.05) is 12.1 Å². The molecule has 0 bridgehead atoms. The highest BCUT2D eigenvalue weighted by Gasteiger charge is 2.16. The smallest absolute Gasteiger partial charge is 0.235 e. The van der Waals surface area contributed by atoms with E-state index < -0.39 is 0 Å². The first-order valence-corrected chi connectivity index (χ1v) is 6.26. The average molecular weight is 270 g/mol. The van der Waals surface area contributed by atoms with Crippen molar-refractivity contribution in [2.75, 3.05) is 0 Å². The Bertz CT molecular complexity index is 820. The largest absolute Gasteiger partial charge is 0.462 e. The van der Waals surface area contributed by atoms with Gasteiger partial charge in [0.1, 0.15) is 5.69 Å². The molecule has 0 spiro atoms. The zero-order chi connectivity index (χ0) is 12.7. The van der Waals surface area contributed by atoms with Gasteiger partial charge in [0.15, 0.2) is 10.8 Å². The van der Waals surface area contributed by atoms with Gasteiger partial charge in [-0.25, -0.2) is 4.98 Å². The minimum Gasteiger partial charge on any atom is -0.462 e. The fourth-order valence-electron chi connectivity index (χ4n) is 1.69. The molecule has 0 aliphatic rings. The second kappa shape index (κ2) is 3.95. The normalized spacial score (nSPS) is 11.2. The summed E-state index contributed by atoms with van der Waals surface area (Å²) < 4.78 is 6.97. The zero-order valence-electron chi connectivity index (χ0n) is 9.46. The summed E-state index contributed by atoms with van der Waals surface area (Å²) in [6.45, 7) is 0. The third-order valence-corrected chi connectivity index (χ3v) is 3.43. The number of fused-ring (bicyclic) bond motifs is 1. The van der Waals surface area contributed by atoms with Crippen molar-refractivity contribution in [1.29, 1.82) is 0 Å². The molecule has 7 nitrogen and oxygen atoms in total. The first kappa shape index (κ1) is 10.3. The van der Waals surface area contributed by atoms with Crippen molar-refractivity contribution in [2.24, 2.45) is 0 Å². The highest BCUT2D eigenvalue weighted by atomic mass is 32.1. The lowest BCUT2D eigenvalue weighted by atomic mass is 10.4. The molecule has 4 heterocycles. The average Bonchev–Trinajstić information content (AvgIpc) is 3.15. The summed E-state index contributed by atoms with van der Waals surface area (Å²) in [6.07, 6.45) is 6.46. The quantitative estimate of drug-likeness (QED) is 0.553. The van der Waals surface area contributed by atoms with Gasteiger partial charge in [-0.1, -0.05) is 11.3 Å². The van der Waals surface area contributed by atoms with Gasteiger partial charge in [0.2, 0.25) is 10.8 Å². The number of aromatic nitrogens is 6.